The van der Waals surface area contributed by atoms with Gasteiger partial charge in [0, 0.05) is 27.7 Å². The Labute approximate surface area is 122 Å². The number of nitrogens with zero attached hydrogens (tertiary/aromatic N) is 3. The van der Waals surface area contributed by atoms with E-state index in [1.54, 1.807) is 14.1 Å². The van der Waals surface area contributed by atoms with Crippen molar-refractivity contribution in [2.24, 2.45) is 0 Å². The summed E-state index contributed by atoms with van der Waals surface area (Å²) in [6, 6.07) is 0. The average Bonchev–Trinajstić information content (AvgIpc) is 2.78. The predicted molar refractivity (Wildman–Crippen MR) is 81.1 cm³/mol. The zero-order valence-corrected chi connectivity index (χ0v) is 13.1. The van der Waals surface area contributed by atoms with Gasteiger partial charge in [0.2, 0.25) is 5.91 Å². The number of nitrogens with two attached hydrogens (primary N) is 1. The predicted octanol–water partition coefficient (Wildman–Crippen LogP) is 0.390. The molecule has 0 aromatic carbocycles. The highest BCUT2D eigenvalue weighted by atomic mass is 32.1. The maximum absolute atomic E-state index is 12.0. The van der Waals surface area contributed by atoms with Crippen LogP contribution in [0.4, 0.5) is 10.9 Å². The Bertz CT molecular complexity index is 486. The summed E-state index contributed by atoms with van der Waals surface area (Å²) in [6.45, 7) is 2.85. The van der Waals surface area contributed by atoms with Crippen LogP contribution in [-0.2, 0) is 4.79 Å². The van der Waals surface area contributed by atoms with Gasteiger partial charge in [0.05, 0.1) is 6.54 Å². The molecule has 7 nitrogen and oxygen atoms in total. The van der Waals surface area contributed by atoms with Crippen molar-refractivity contribution >= 4 is 34.1 Å². The highest BCUT2D eigenvalue weighted by Gasteiger charge is 2.18. The molecule has 1 rings (SSSR count). The van der Waals surface area contributed by atoms with Crippen molar-refractivity contribution in [1.29, 1.82) is 0 Å². The fourth-order valence-electron chi connectivity index (χ4n) is 1.47. The summed E-state index contributed by atoms with van der Waals surface area (Å²) in [5, 5.41) is 3.25. The number of anilines is 2. The Balaban J connectivity index is 2.71. The van der Waals surface area contributed by atoms with Crippen molar-refractivity contribution in [1.82, 2.24) is 15.2 Å². The molecule has 1 aromatic heterocycles. The zero-order chi connectivity index (χ0) is 15.3. The van der Waals surface area contributed by atoms with Crippen LogP contribution in [0.1, 0.15) is 23.0 Å². The third-order valence-electron chi connectivity index (χ3n) is 2.63. The van der Waals surface area contributed by atoms with Gasteiger partial charge in [0.15, 0.2) is 5.13 Å². The molecule has 0 aliphatic rings. The Kier molecular flexibility index (Phi) is 5.75. The van der Waals surface area contributed by atoms with Crippen LogP contribution in [-0.4, -0.2) is 55.9 Å². The van der Waals surface area contributed by atoms with Gasteiger partial charge in [-0.05, 0) is 6.42 Å². The molecule has 0 fully saturated rings. The van der Waals surface area contributed by atoms with Crippen molar-refractivity contribution in [3.63, 3.8) is 0 Å². The molecule has 20 heavy (non-hydrogen) atoms. The van der Waals surface area contributed by atoms with Crippen LogP contribution in [0.15, 0.2) is 0 Å². The van der Waals surface area contributed by atoms with Gasteiger partial charge >= 0.3 is 0 Å². The van der Waals surface area contributed by atoms with E-state index in [-0.39, 0.29) is 24.2 Å². The summed E-state index contributed by atoms with van der Waals surface area (Å²) in [7, 11) is 5.17. The van der Waals surface area contributed by atoms with Crippen molar-refractivity contribution in [2.45, 2.75) is 13.3 Å². The molecule has 0 saturated carbocycles. The molecule has 0 radical (unpaired) electrons. The quantitative estimate of drug-likeness (QED) is 0.793. The first-order valence-electron chi connectivity index (χ1n) is 6.32. The number of carbonyl (C=O) groups excluding carboxylic acids is 2. The van der Waals surface area contributed by atoms with Crippen LogP contribution >= 0.6 is 11.3 Å². The Morgan fingerprint density at radius 2 is 2.00 bits per heavy atom. The van der Waals surface area contributed by atoms with Gasteiger partial charge in [-0.3, -0.25) is 9.59 Å². The van der Waals surface area contributed by atoms with Crippen LogP contribution < -0.4 is 16.0 Å². The minimum Gasteiger partial charge on any atom is -0.382 e. The largest absolute Gasteiger partial charge is 0.382 e. The summed E-state index contributed by atoms with van der Waals surface area (Å²) < 4.78 is 0. The van der Waals surface area contributed by atoms with E-state index in [4.69, 9.17) is 5.73 Å². The molecule has 0 aliphatic carbocycles. The number of nitrogen functional groups attached to an aromatic ring is 1. The van der Waals surface area contributed by atoms with E-state index in [0.717, 1.165) is 13.0 Å². The molecular formula is C12H21N5O2S. The van der Waals surface area contributed by atoms with Crippen LogP contribution in [0, 0.1) is 0 Å². The topological polar surface area (TPSA) is 91.6 Å². The van der Waals surface area contributed by atoms with Gasteiger partial charge in [0.25, 0.3) is 5.91 Å². The lowest BCUT2D eigenvalue weighted by Crippen LogP contribution is -2.36. The van der Waals surface area contributed by atoms with E-state index in [1.807, 2.05) is 11.9 Å². The lowest BCUT2D eigenvalue weighted by Gasteiger charge is -2.13. The number of hydrogen-bond acceptors (Lipinski definition) is 6. The van der Waals surface area contributed by atoms with E-state index in [9.17, 15) is 9.59 Å². The number of carbonyl (C=O) groups is 2. The van der Waals surface area contributed by atoms with Gasteiger partial charge in [-0.15, -0.1) is 0 Å². The van der Waals surface area contributed by atoms with E-state index >= 15 is 0 Å². The second-order valence-corrected chi connectivity index (χ2v) is 5.58. The lowest BCUT2D eigenvalue weighted by molar-refractivity contribution is -0.127. The molecular weight excluding hydrogens is 278 g/mol. The van der Waals surface area contributed by atoms with Gasteiger partial charge in [0.1, 0.15) is 10.7 Å². The molecule has 3 N–H and O–H groups in total. The molecule has 1 aromatic rings. The summed E-state index contributed by atoms with van der Waals surface area (Å²) in [6.07, 6.45) is 0.981. The molecule has 0 spiro atoms. The SMILES string of the molecule is CCCN(C)c1nc(N)c(C(=O)NCC(=O)N(C)C)s1. The van der Waals surface area contributed by atoms with Gasteiger partial charge < -0.3 is 20.9 Å². The number of thiazole rings is 1. The number of hydrogen-bond donors (Lipinski definition) is 2. The van der Waals surface area contributed by atoms with Crippen molar-refractivity contribution in [3.05, 3.63) is 4.88 Å². The van der Waals surface area contributed by atoms with Crippen LogP contribution in [0.25, 0.3) is 0 Å². The monoisotopic (exact) mass is 299 g/mol. The number of nitrogens with one attached hydrogen (secondary N) is 1. The average molecular weight is 299 g/mol. The maximum Gasteiger partial charge on any atom is 0.265 e. The smallest absolute Gasteiger partial charge is 0.265 e. The fraction of sp³-hybridized carbons (Fsp3) is 0.583. The second kappa shape index (κ2) is 7.09. The lowest BCUT2D eigenvalue weighted by atomic mass is 10.4. The molecule has 0 saturated heterocycles. The first kappa shape index (κ1) is 16.2. The first-order chi connectivity index (χ1) is 9.36. The summed E-state index contributed by atoms with van der Waals surface area (Å²) in [5.74, 6) is -0.348. The second-order valence-electron chi connectivity index (χ2n) is 4.60. The minimum atomic E-state index is -0.369. The molecule has 0 unspecified atom stereocenters. The molecule has 0 bridgehead atoms. The van der Waals surface area contributed by atoms with Gasteiger partial charge in [-0.1, -0.05) is 18.3 Å². The molecule has 0 aliphatic heterocycles. The third kappa shape index (κ3) is 4.09. The minimum absolute atomic E-state index is 0.0523. The van der Waals surface area contributed by atoms with E-state index in [1.165, 1.54) is 16.2 Å². The van der Waals surface area contributed by atoms with Crippen LogP contribution in [0.2, 0.25) is 0 Å². The number of likely N-dealkylation sites (N-methyl/N-ethyl adjacent to an activating group) is 1. The van der Waals surface area contributed by atoms with E-state index in [2.05, 4.69) is 17.2 Å². The molecule has 2 amide bonds. The summed E-state index contributed by atoms with van der Waals surface area (Å²) in [4.78, 5) is 31.3. The standard InChI is InChI=1S/C12H21N5O2S/c1-5-6-17(4)12-15-10(13)9(20-12)11(19)14-7-8(18)16(2)3/h5-7,13H2,1-4H3,(H,14,19). The summed E-state index contributed by atoms with van der Waals surface area (Å²) >= 11 is 1.23. The molecule has 0 atom stereocenters. The van der Waals surface area contributed by atoms with Gasteiger partial charge in [-0.25, -0.2) is 4.98 Å². The zero-order valence-electron chi connectivity index (χ0n) is 12.3. The Morgan fingerprint density at radius 1 is 1.35 bits per heavy atom. The number of amides is 2. The normalized spacial score (nSPS) is 10.2. The van der Waals surface area contributed by atoms with Crippen LogP contribution in [0.5, 0.6) is 0 Å². The van der Waals surface area contributed by atoms with Gasteiger partial charge in [-0.2, -0.15) is 0 Å². The van der Waals surface area contributed by atoms with Crippen molar-refractivity contribution < 1.29 is 9.59 Å². The third-order valence-corrected chi connectivity index (χ3v) is 3.82. The summed E-state index contributed by atoms with van der Waals surface area (Å²) in [5.41, 5.74) is 5.76. The number of aromatic nitrogens is 1. The highest BCUT2D eigenvalue weighted by Crippen LogP contribution is 2.27. The fourth-order valence-corrected chi connectivity index (χ4v) is 2.36. The van der Waals surface area contributed by atoms with Crippen LogP contribution in [0.3, 0.4) is 0 Å². The van der Waals surface area contributed by atoms with E-state index < -0.39 is 0 Å². The Morgan fingerprint density at radius 3 is 2.55 bits per heavy atom. The van der Waals surface area contributed by atoms with Crippen molar-refractivity contribution in [2.75, 3.05) is 44.9 Å². The number of rotatable bonds is 6. The van der Waals surface area contributed by atoms with Crippen molar-refractivity contribution in [3.8, 4) is 0 Å². The van der Waals surface area contributed by atoms with E-state index in [0.29, 0.717) is 10.0 Å². The molecule has 8 heteroatoms. The maximum atomic E-state index is 12.0. The molecule has 1 heterocycles. The Hall–Kier alpha value is -1.83. The first-order valence-corrected chi connectivity index (χ1v) is 7.14. The highest BCUT2D eigenvalue weighted by molar-refractivity contribution is 7.18. The molecule has 112 valence electrons.